The molecule has 0 spiro atoms. The molecule has 0 aliphatic heterocycles. The van der Waals surface area contributed by atoms with Crippen molar-refractivity contribution in [3.05, 3.63) is 59.9 Å². The highest BCUT2D eigenvalue weighted by atomic mass is 19.1. The molecule has 0 bridgehead atoms. The summed E-state index contributed by atoms with van der Waals surface area (Å²) in [5.41, 5.74) is 3.87. The summed E-state index contributed by atoms with van der Waals surface area (Å²) in [6.07, 6.45) is 0. The van der Waals surface area contributed by atoms with Crippen LogP contribution in [0.2, 0.25) is 0 Å². The van der Waals surface area contributed by atoms with Crippen LogP contribution in [0, 0.1) is 5.82 Å². The van der Waals surface area contributed by atoms with E-state index in [0.29, 0.717) is 12.3 Å². The number of para-hydroxylation sites is 1. The van der Waals surface area contributed by atoms with Crippen molar-refractivity contribution in [1.82, 2.24) is 5.43 Å². The lowest BCUT2D eigenvalue weighted by molar-refractivity contribution is -0.123. The number of carbonyl (C=O) groups is 1. The van der Waals surface area contributed by atoms with E-state index < -0.39 is 11.7 Å². The number of carbonyl (C=O) groups excluding carboxylic acids is 1. The van der Waals surface area contributed by atoms with Crippen LogP contribution < -0.4 is 14.9 Å². The predicted octanol–water partition coefficient (Wildman–Crippen LogP) is 3.14. The minimum absolute atomic E-state index is 0.0277. The van der Waals surface area contributed by atoms with E-state index in [2.05, 4.69) is 10.5 Å². The first-order chi connectivity index (χ1) is 11.6. The van der Waals surface area contributed by atoms with E-state index >= 15 is 0 Å². The van der Waals surface area contributed by atoms with Gasteiger partial charge >= 0.3 is 0 Å². The van der Waals surface area contributed by atoms with Gasteiger partial charge in [0.1, 0.15) is 5.75 Å². The third-order valence-electron chi connectivity index (χ3n) is 3.13. The van der Waals surface area contributed by atoms with Crippen molar-refractivity contribution in [3.63, 3.8) is 0 Å². The summed E-state index contributed by atoms with van der Waals surface area (Å²) in [4.78, 5) is 11.7. The second kappa shape index (κ2) is 8.67. The SMILES string of the molecule is CCOc1ccc(/C(C)=N\NC(=O)COc2ccccc2F)cc1. The van der Waals surface area contributed by atoms with Crippen LogP contribution >= 0.6 is 0 Å². The first kappa shape index (κ1) is 17.5. The van der Waals surface area contributed by atoms with Gasteiger partial charge in [-0.2, -0.15) is 5.10 Å². The van der Waals surface area contributed by atoms with E-state index in [1.54, 1.807) is 19.1 Å². The van der Waals surface area contributed by atoms with Gasteiger partial charge in [-0.05, 0) is 55.8 Å². The standard InChI is InChI=1S/C18H19FN2O3/c1-3-23-15-10-8-14(9-11-15)13(2)20-21-18(22)12-24-17-7-5-4-6-16(17)19/h4-11H,3,12H2,1-2H3,(H,21,22)/b20-13-. The molecule has 0 saturated carbocycles. The molecule has 0 fully saturated rings. The van der Waals surface area contributed by atoms with Gasteiger partial charge in [-0.1, -0.05) is 12.1 Å². The van der Waals surface area contributed by atoms with Crippen LogP contribution in [0.25, 0.3) is 0 Å². The van der Waals surface area contributed by atoms with Crippen LogP contribution in [-0.4, -0.2) is 24.8 Å². The molecule has 2 rings (SSSR count). The Bertz CT molecular complexity index is 714. The minimum Gasteiger partial charge on any atom is -0.494 e. The van der Waals surface area contributed by atoms with Gasteiger partial charge in [0, 0.05) is 0 Å². The maximum Gasteiger partial charge on any atom is 0.277 e. The lowest BCUT2D eigenvalue weighted by atomic mass is 10.1. The van der Waals surface area contributed by atoms with Gasteiger partial charge < -0.3 is 9.47 Å². The molecule has 0 heterocycles. The van der Waals surface area contributed by atoms with E-state index in [-0.39, 0.29) is 12.4 Å². The highest BCUT2D eigenvalue weighted by Crippen LogP contribution is 2.15. The summed E-state index contributed by atoms with van der Waals surface area (Å²) >= 11 is 0. The number of rotatable bonds is 7. The molecule has 0 aliphatic carbocycles. The number of amides is 1. The average Bonchev–Trinajstić information content (AvgIpc) is 2.60. The van der Waals surface area contributed by atoms with Crippen molar-refractivity contribution >= 4 is 11.6 Å². The molecule has 24 heavy (non-hydrogen) atoms. The molecule has 0 atom stereocenters. The molecular formula is C18H19FN2O3. The van der Waals surface area contributed by atoms with Crippen molar-refractivity contribution < 1.29 is 18.7 Å². The third-order valence-corrected chi connectivity index (χ3v) is 3.13. The molecular weight excluding hydrogens is 311 g/mol. The van der Waals surface area contributed by atoms with Gasteiger partial charge in [-0.3, -0.25) is 4.79 Å². The Balaban J connectivity index is 1.87. The molecule has 6 heteroatoms. The fourth-order valence-corrected chi connectivity index (χ4v) is 1.91. The first-order valence-electron chi connectivity index (χ1n) is 7.54. The summed E-state index contributed by atoms with van der Waals surface area (Å²) in [5, 5.41) is 4.01. The second-order valence-corrected chi connectivity index (χ2v) is 4.91. The summed E-state index contributed by atoms with van der Waals surface area (Å²) in [6, 6.07) is 13.3. The Morgan fingerprint density at radius 1 is 1.12 bits per heavy atom. The largest absolute Gasteiger partial charge is 0.494 e. The van der Waals surface area contributed by atoms with E-state index in [1.165, 1.54) is 12.1 Å². The zero-order valence-corrected chi connectivity index (χ0v) is 13.6. The van der Waals surface area contributed by atoms with Crippen LogP contribution in [-0.2, 0) is 4.79 Å². The average molecular weight is 330 g/mol. The van der Waals surface area contributed by atoms with Crippen LogP contribution in [0.5, 0.6) is 11.5 Å². The summed E-state index contributed by atoms with van der Waals surface area (Å²) in [6.45, 7) is 3.97. The van der Waals surface area contributed by atoms with Gasteiger partial charge in [0.15, 0.2) is 18.2 Å². The van der Waals surface area contributed by atoms with Gasteiger partial charge in [-0.15, -0.1) is 0 Å². The molecule has 2 aromatic rings. The van der Waals surface area contributed by atoms with E-state index in [9.17, 15) is 9.18 Å². The van der Waals surface area contributed by atoms with E-state index in [0.717, 1.165) is 11.3 Å². The number of hydrazone groups is 1. The van der Waals surface area contributed by atoms with Crippen molar-refractivity contribution in [1.29, 1.82) is 0 Å². The second-order valence-electron chi connectivity index (χ2n) is 4.91. The van der Waals surface area contributed by atoms with Gasteiger partial charge in [-0.25, -0.2) is 9.82 Å². The van der Waals surface area contributed by atoms with Gasteiger partial charge in [0.05, 0.1) is 12.3 Å². The molecule has 5 nitrogen and oxygen atoms in total. The predicted molar refractivity (Wildman–Crippen MR) is 89.9 cm³/mol. The normalized spacial score (nSPS) is 11.0. The summed E-state index contributed by atoms with van der Waals surface area (Å²) in [7, 11) is 0. The number of halogens is 1. The number of ether oxygens (including phenoxy) is 2. The topological polar surface area (TPSA) is 59.9 Å². The highest BCUT2D eigenvalue weighted by molar-refractivity contribution is 5.99. The molecule has 0 unspecified atom stereocenters. The molecule has 0 aliphatic rings. The lowest BCUT2D eigenvalue weighted by Crippen LogP contribution is -2.25. The molecule has 2 aromatic carbocycles. The third kappa shape index (κ3) is 5.08. The van der Waals surface area contributed by atoms with Crippen molar-refractivity contribution in [2.45, 2.75) is 13.8 Å². The molecule has 126 valence electrons. The van der Waals surface area contributed by atoms with Gasteiger partial charge in [0.25, 0.3) is 5.91 Å². The number of nitrogens with one attached hydrogen (secondary N) is 1. The number of hydrogen-bond donors (Lipinski definition) is 1. The van der Waals surface area contributed by atoms with Crippen molar-refractivity contribution in [3.8, 4) is 11.5 Å². The molecule has 0 radical (unpaired) electrons. The first-order valence-corrected chi connectivity index (χ1v) is 7.54. The quantitative estimate of drug-likeness (QED) is 0.627. The van der Waals surface area contributed by atoms with Crippen LogP contribution in [0.1, 0.15) is 19.4 Å². The summed E-state index contributed by atoms with van der Waals surface area (Å²) in [5.74, 6) is -0.181. The Morgan fingerprint density at radius 3 is 2.50 bits per heavy atom. The number of hydrogen-bond acceptors (Lipinski definition) is 4. The molecule has 0 aromatic heterocycles. The Hall–Kier alpha value is -2.89. The molecule has 1 amide bonds. The van der Waals surface area contributed by atoms with Gasteiger partial charge in [0.2, 0.25) is 0 Å². The zero-order valence-electron chi connectivity index (χ0n) is 13.6. The summed E-state index contributed by atoms with van der Waals surface area (Å²) < 4.78 is 23.8. The van der Waals surface area contributed by atoms with E-state index in [4.69, 9.17) is 9.47 Å². The number of nitrogens with zero attached hydrogens (tertiary/aromatic N) is 1. The fourth-order valence-electron chi connectivity index (χ4n) is 1.91. The Kier molecular flexibility index (Phi) is 6.31. The van der Waals surface area contributed by atoms with Crippen LogP contribution in [0.15, 0.2) is 53.6 Å². The monoisotopic (exact) mass is 330 g/mol. The maximum atomic E-state index is 13.4. The van der Waals surface area contributed by atoms with Crippen LogP contribution in [0.3, 0.4) is 0 Å². The van der Waals surface area contributed by atoms with Crippen molar-refractivity contribution in [2.75, 3.05) is 13.2 Å². The van der Waals surface area contributed by atoms with Crippen LogP contribution in [0.4, 0.5) is 4.39 Å². The van der Waals surface area contributed by atoms with Crippen molar-refractivity contribution in [2.24, 2.45) is 5.10 Å². The number of benzene rings is 2. The molecule has 1 N–H and O–H groups in total. The maximum absolute atomic E-state index is 13.4. The Labute approximate surface area is 140 Å². The zero-order chi connectivity index (χ0) is 17.4. The smallest absolute Gasteiger partial charge is 0.277 e. The lowest BCUT2D eigenvalue weighted by Gasteiger charge is -2.07. The Morgan fingerprint density at radius 2 is 1.83 bits per heavy atom. The highest BCUT2D eigenvalue weighted by Gasteiger charge is 2.06. The molecule has 0 saturated heterocycles. The van der Waals surface area contributed by atoms with E-state index in [1.807, 2.05) is 31.2 Å². The minimum atomic E-state index is -0.514. The fraction of sp³-hybridized carbons (Fsp3) is 0.222.